The van der Waals surface area contributed by atoms with Gasteiger partial charge in [-0.05, 0) is 48.9 Å². The van der Waals surface area contributed by atoms with Crippen LogP contribution in [0.5, 0.6) is 11.5 Å². The lowest BCUT2D eigenvalue weighted by atomic mass is 10.1. The minimum absolute atomic E-state index is 0.00507. The molecule has 0 aliphatic rings. The van der Waals surface area contributed by atoms with Gasteiger partial charge >= 0.3 is 0 Å². The number of nitrogens with zero attached hydrogens (tertiary/aromatic N) is 1. The smallest absolute Gasteiger partial charge is 0.174 e. The van der Waals surface area contributed by atoms with Crippen LogP contribution in [0.3, 0.4) is 0 Å². The first kappa shape index (κ1) is 16.7. The van der Waals surface area contributed by atoms with Crippen molar-refractivity contribution in [1.29, 1.82) is 5.26 Å². The van der Waals surface area contributed by atoms with Crippen molar-refractivity contribution >= 4 is 5.69 Å². The molecule has 2 aromatic carbocycles. The monoisotopic (exact) mass is 312 g/mol. The van der Waals surface area contributed by atoms with Crippen LogP contribution >= 0.6 is 0 Å². The SMILES string of the molecule is CC(Nc1ccc(OCCO)cc1)c1ccc(OCC#N)cc1. The second-order valence-corrected chi connectivity index (χ2v) is 4.98. The highest BCUT2D eigenvalue weighted by molar-refractivity contribution is 5.48. The molecule has 2 rings (SSSR count). The van der Waals surface area contributed by atoms with Gasteiger partial charge in [-0.25, -0.2) is 0 Å². The van der Waals surface area contributed by atoms with Gasteiger partial charge in [-0.2, -0.15) is 5.26 Å². The van der Waals surface area contributed by atoms with E-state index in [1.807, 2.05) is 54.6 Å². The highest BCUT2D eigenvalue weighted by atomic mass is 16.5. The highest BCUT2D eigenvalue weighted by Gasteiger charge is 2.06. The molecule has 0 saturated heterocycles. The Morgan fingerprint density at radius 2 is 1.65 bits per heavy atom. The minimum Gasteiger partial charge on any atom is -0.491 e. The Bertz CT molecular complexity index is 633. The number of nitrogens with one attached hydrogen (secondary N) is 1. The Morgan fingerprint density at radius 1 is 1.04 bits per heavy atom. The molecule has 0 aliphatic carbocycles. The Balaban J connectivity index is 1.93. The fourth-order valence-corrected chi connectivity index (χ4v) is 2.11. The van der Waals surface area contributed by atoms with E-state index in [1.54, 1.807) is 0 Å². The van der Waals surface area contributed by atoms with Gasteiger partial charge in [-0.3, -0.25) is 0 Å². The standard InChI is InChI=1S/C18H20N2O3/c1-14(15-2-6-17(7-3-15)22-12-10-19)20-16-4-8-18(9-5-16)23-13-11-21/h2-9,14,20-21H,11-13H2,1H3. The highest BCUT2D eigenvalue weighted by Crippen LogP contribution is 2.23. The van der Waals surface area contributed by atoms with Gasteiger partial charge in [0.15, 0.2) is 6.61 Å². The van der Waals surface area contributed by atoms with Gasteiger partial charge in [0.05, 0.1) is 6.61 Å². The van der Waals surface area contributed by atoms with Crippen LogP contribution in [0.25, 0.3) is 0 Å². The first-order valence-corrected chi connectivity index (χ1v) is 7.43. The number of rotatable bonds is 8. The van der Waals surface area contributed by atoms with Gasteiger partial charge < -0.3 is 19.9 Å². The summed E-state index contributed by atoms with van der Waals surface area (Å²) in [7, 11) is 0. The molecular formula is C18H20N2O3. The first-order valence-electron chi connectivity index (χ1n) is 7.43. The van der Waals surface area contributed by atoms with E-state index in [1.165, 1.54) is 0 Å². The third-order valence-corrected chi connectivity index (χ3v) is 3.28. The van der Waals surface area contributed by atoms with E-state index in [0.29, 0.717) is 12.4 Å². The average molecular weight is 312 g/mol. The maximum Gasteiger partial charge on any atom is 0.174 e. The molecule has 0 aromatic heterocycles. The van der Waals surface area contributed by atoms with Crippen LogP contribution in [0.2, 0.25) is 0 Å². The maximum atomic E-state index is 8.73. The van der Waals surface area contributed by atoms with Crippen LogP contribution in [0, 0.1) is 11.3 Å². The molecule has 23 heavy (non-hydrogen) atoms. The quantitative estimate of drug-likeness (QED) is 0.783. The topological polar surface area (TPSA) is 74.5 Å². The van der Waals surface area contributed by atoms with Crippen molar-refractivity contribution in [3.8, 4) is 17.6 Å². The predicted molar refractivity (Wildman–Crippen MR) is 88.6 cm³/mol. The van der Waals surface area contributed by atoms with Crippen LogP contribution in [0.4, 0.5) is 5.69 Å². The second-order valence-electron chi connectivity index (χ2n) is 4.98. The molecule has 2 aromatic rings. The Labute approximate surface area is 136 Å². The van der Waals surface area contributed by atoms with Crippen LogP contribution in [0.15, 0.2) is 48.5 Å². The van der Waals surface area contributed by atoms with E-state index in [4.69, 9.17) is 19.8 Å². The van der Waals surface area contributed by atoms with Crippen molar-refractivity contribution in [3.05, 3.63) is 54.1 Å². The number of benzene rings is 2. The number of hydrogen-bond donors (Lipinski definition) is 2. The van der Waals surface area contributed by atoms with Crippen molar-refractivity contribution < 1.29 is 14.6 Å². The largest absolute Gasteiger partial charge is 0.491 e. The molecule has 0 radical (unpaired) electrons. The lowest BCUT2D eigenvalue weighted by Crippen LogP contribution is -2.07. The van der Waals surface area contributed by atoms with Gasteiger partial charge in [0.25, 0.3) is 0 Å². The first-order chi connectivity index (χ1) is 11.2. The molecule has 0 spiro atoms. The number of hydrogen-bond acceptors (Lipinski definition) is 5. The van der Waals surface area contributed by atoms with Crippen molar-refractivity contribution in [2.24, 2.45) is 0 Å². The van der Waals surface area contributed by atoms with E-state index >= 15 is 0 Å². The molecule has 2 N–H and O–H groups in total. The summed E-state index contributed by atoms with van der Waals surface area (Å²) in [4.78, 5) is 0. The molecule has 0 bridgehead atoms. The lowest BCUT2D eigenvalue weighted by Gasteiger charge is -2.16. The average Bonchev–Trinajstić information content (AvgIpc) is 2.59. The Hall–Kier alpha value is -2.71. The van der Waals surface area contributed by atoms with Gasteiger partial charge in [0, 0.05) is 11.7 Å². The summed E-state index contributed by atoms with van der Waals surface area (Å²) in [6.07, 6.45) is 0. The van der Waals surface area contributed by atoms with Crippen LogP contribution in [-0.4, -0.2) is 24.9 Å². The molecule has 0 amide bonds. The molecule has 1 atom stereocenters. The molecule has 0 saturated carbocycles. The predicted octanol–water partition coefficient (Wildman–Crippen LogP) is 3.13. The summed E-state index contributed by atoms with van der Waals surface area (Å²) in [6.45, 7) is 2.42. The number of anilines is 1. The molecule has 120 valence electrons. The van der Waals surface area contributed by atoms with E-state index in [2.05, 4.69) is 12.2 Å². The summed E-state index contributed by atoms with van der Waals surface area (Å²) in [5.41, 5.74) is 2.11. The van der Waals surface area contributed by atoms with Gasteiger partial charge in [0.1, 0.15) is 24.2 Å². The molecular weight excluding hydrogens is 292 g/mol. The van der Waals surface area contributed by atoms with Crippen LogP contribution < -0.4 is 14.8 Å². The van der Waals surface area contributed by atoms with E-state index in [-0.39, 0.29) is 19.3 Å². The van der Waals surface area contributed by atoms with Crippen molar-refractivity contribution in [2.45, 2.75) is 13.0 Å². The zero-order valence-electron chi connectivity index (χ0n) is 13.0. The van der Waals surface area contributed by atoms with Crippen molar-refractivity contribution in [3.63, 3.8) is 0 Å². The number of aliphatic hydroxyl groups is 1. The number of aliphatic hydroxyl groups excluding tert-OH is 1. The second kappa shape index (κ2) is 8.66. The normalized spacial score (nSPS) is 11.3. The fraction of sp³-hybridized carbons (Fsp3) is 0.278. The van der Waals surface area contributed by atoms with Gasteiger partial charge in [-0.1, -0.05) is 12.1 Å². The van der Waals surface area contributed by atoms with Crippen molar-refractivity contribution in [2.75, 3.05) is 25.1 Å². The Morgan fingerprint density at radius 3 is 2.26 bits per heavy atom. The van der Waals surface area contributed by atoms with E-state index < -0.39 is 0 Å². The number of nitriles is 1. The van der Waals surface area contributed by atoms with Crippen molar-refractivity contribution in [1.82, 2.24) is 0 Å². The molecule has 0 fully saturated rings. The fourth-order valence-electron chi connectivity index (χ4n) is 2.11. The molecule has 1 unspecified atom stereocenters. The lowest BCUT2D eigenvalue weighted by molar-refractivity contribution is 0.201. The van der Waals surface area contributed by atoms with E-state index in [0.717, 1.165) is 17.0 Å². The van der Waals surface area contributed by atoms with Gasteiger partial charge in [0.2, 0.25) is 0 Å². The molecule has 0 aliphatic heterocycles. The zero-order chi connectivity index (χ0) is 16.5. The Kier molecular flexibility index (Phi) is 6.28. The minimum atomic E-state index is 0.00507. The molecule has 5 heteroatoms. The van der Waals surface area contributed by atoms with Gasteiger partial charge in [-0.15, -0.1) is 0 Å². The zero-order valence-corrected chi connectivity index (χ0v) is 13.0. The van der Waals surface area contributed by atoms with Crippen LogP contribution in [-0.2, 0) is 0 Å². The number of ether oxygens (including phenoxy) is 2. The summed E-state index contributed by atoms with van der Waals surface area (Å²) in [5.74, 6) is 1.42. The molecule has 5 nitrogen and oxygen atoms in total. The third-order valence-electron chi connectivity index (χ3n) is 3.28. The van der Waals surface area contributed by atoms with E-state index in [9.17, 15) is 0 Å². The summed E-state index contributed by atoms with van der Waals surface area (Å²) in [6, 6.07) is 17.3. The summed E-state index contributed by atoms with van der Waals surface area (Å²) in [5, 5.41) is 20.6. The third kappa shape index (κ3) is 5.20. The van der Waals surface area contributed by atoms with Crippen LogP contribution in [0.1, 0.15) is 18.5 Å². The molecule has 0 heterocycles. The maximum absolute atomic E-state index is 8.73. The summed E-state index contributed by atoms with van der Waals surface area (Å²) < 4.78 is 10.6. The summed E-state index contributed by atoms with van der Waals surface area (Å²) >= 11 is 0.